The van der Waals surface area contributed by atoms with Crippen molar-refractivity contribution in [1.82, 2.24) is 0 Å². The van der Waals surface area contributed by atoms with E-state index in [1.165, 1.54) is 43.3 Å². The Kier molecular flexibility index (Phi) is 14.0. The fourth-order valence-electron chi connectivity index (χ4n) is 8.06. The molecule has 0 heterocycles. The lowest BCUT2D eigenvalue weighted by Gasteiger charge is -2.36. The molecule has 0 spiro atoms. The number of nitrogens with zero attached hydrogens (tertiary/aromatic N) is 4. The fraction of sp³-hybridized carbons (Fsp3) is 0.0769. The molecule has 0 aliphatic heterocycles. The maximum absolute atomic E-state index is 11.3. The zero-order valence-corrected chi connectivity index (χ0v) is 38.1. The summed E-state index contributed by atoms with van der Waals surface area (Å²) >= 11 is 3.40. The van der Waals surface area contributed by atoms with Crippen LogP contribution in [0.3, 0.4) is 0 Å². The van der Waals surface area contributed by atoms with Gasteiger partial charge in [-0.15, -0.1) is 5.11 Å². The summed E-state index contributed by atoms with van der Waals surface area (Å²) < 4.78 is 15.3. The van der Waals surface area contributed by atoms with Crippen LogP contribution in [-0.2, 0) is 8.85 Å². The quantitative estimate of drug-likeness (QED) is 0.0282. The van der Waals surface area contributed by atoms with Crippen molar-refractivity contribution in [3.63, 3.8) is 0 Å². The third-order valence-electron chi connectivity index (χ3n) is 11.1. The van der Waals surface area contributed by atoms with Crippen LogP contribution in [0.15, 0.2) is 239 Å². The second-order valence-electron chi connectivity index (χ2n) is 14.9. The largest absolute Gasteiger partial charge is 0.402 e. The average molecular weight is 926 g/mol. The van der Waals surface area contributed by atoms with E-state index in [9.17, 15) is 10.1 Å². The Bertz CT molecular complexity index is 2400. The molecule has 0 aliphatic carbocycles. The number of rotatable bonds is 18. The summed E-state index contributed by atoms with van der Waals surface area (Å²) in [5.41, 5.74) is 2.09. The van der Waals surface area contributed by atoms with E-state index in [1.54, 1.807) is 6.07 Å². The number of halogens is 1. The molecule has 312 valence electrons. The summed E-state index contributed by atoms with van der Waals surface area (Å²) in [4.78, 5) is 13.2. The molecule has 0 bridgehead atoms. The van der Waals surface area contributed by atoms with Gasteiger partial charge in [0.25, 0.3) is 22.3 Å². The molecular formula is C52H45BrN4O4Si2. The second-order valence-corrected chi connectivity index (χ2v) is 22.5. The summed E-state index contributed by atoms with van der Waals surface area (Å²) in [6.07, 6.45) is 0. The molecule has 8 rings (SSSR count). The van der Waals surface area contributed by atoms with Crippen molar-refractivity contribution in [2.24, 2.45) is 10.2 Å². The van der Waals surface area contributed by atoms with Gasteiger partial charge in [-0.1, -0.05) is 182 Å². The van der Waals surface area contributed by atoms with E-state index in [2.05, 4.69) is 213 Å². The Hall–Kier alpha value is -6.61. The lowest BCUT2D eigenvalue weighted by Crippen LogP contribution is -2.70. The molecule has 11 heteroatoms. The van der Waals surface area contributed by atoms with Crippen LogP contribution in [-0.4, -0.2) is 47.9 Å². The predicted octanol–water partition coefficient (Wildman–Crippen LogP) is 8.95. The number of anilines is 1. The van der Waals surface area contributed by atoms with E-state index in [0.29, 0.717) is 42.2 Å². The number of hydrogen-bond donors (Lipinski definition) is 0. The van der Waals surface area contributed by atoms with Gasteiger partial charge in [0.15, 0.2) is 0 Å². The number of nitro benzene ring substituents is 1. The summed E-state index contributed by atoms with van der Waals surface area (Å²) in [7, 11) is -5.94. The van der Waals surface area contributed by atoms with Gasteiger partial charge in [-0.2, -0.15) is 5.11 Å². The van der Waals surface area contributed by atoms with E-state index in [4.69, 9.17) is 8.85 Å². The van der Waals surface area contributed by atoms with Crippen LogP contribution in [0.25, 0.3) is 0 Å². The van der Waals surface area contributed by atoms with Crippen LogP contribution in [0.1, 0.15) is 0 Å². The standard InChI is InChI=1S/C52H45BrN4O4Si2/c53-51-41-44(57(58)59)35-36-52(51)55-54-42-31-33-43(34-32-42)56(37-39-60-62(45-19-7-1-8-20-45,46-21-9-2-10-22-46)47-23-11-3-12-24-47)38-40-61-63(48-25-13-4-14-26-48,49-27-15-5-16-28-49)50-29-17-6-18-30-50/h1-36,41H,37-40H2. The number of non-ortho nitro benzene ring substituents is 1. The molecule has 8 aromatic carbocycles. The zero-order chi connectivity index (χ0) is 43.3. The molecule has 0 saturated carbocycles. The smallest absolute Gasteiger partial charge is 0.288 e. The van der Waals surface area contributed by atoms with Gasteiger partial charge in [0.2, 0.25) is 0 Å². The average Bonchev–Trinajstić information content (AvgIpc) is 3.35. The summed E-state index contributed by atoms with van der Waals surface area (Å²) in [5, 5.41) is 27.2. The van der Waals surface area contributed by atoms with Gasteiger partial charge in [0.1, 0.15) is 5.69 Å². The van der Waals surface area contributed by atoms with Crippen LogP contribution in [0.2, 0.25) is 0 Å². The normalized spacial score (nSPS) is 11.7. The Labute approximate surface area is 378 Å². The van der Waals surface area contributed by atoms with Crippen LogP contribution in [0.4, 0.5) is 22.7 Å². The number of hydrogen-bond acceptors (Lipinski definition) is 7. The van der Waals surface area contributed by atoms with Crippen LogP contribution >= 0.6 is 15.9 Å². The molecule has 0 saturated heterocycles. The van der Waals surface area contributed by atoms with Gasteiger partial charge in [0.05, 0.1) is 28.3 Å². The highest BCUT2D eigenvalue weighted by Crippen LogP contribution is 2.31. The Morgan fingerprint density at radius 3 is 1.14 bits per heavy atom. The highest BCUT2D eigenvalue weighted by atomic mass is 79.9. The van der Waals surface area contributed by atoms with Crippen LogP contribution < -0.4 is 36.0 Å². The Balaban J connectivity index is 1.13. The molecule has 0 atom stereocenters. The molecule has 0 aromatic heterocycles. The first-order valence-corrected chi connectivity index (χ1v) is 25.4. The van der Waals surface area contributed by atoms with Crippen molar-refractivity contribution in [2.75, 3.05) is 31.2 Å². The van der Waals surface area contributed by atoms with Gasteiger partial charge in [0, 0.05) is 30.9 Å². The van der Waals surface area contributed by atoms with Crippen molar-refractivity contribution in [1.29, 1.82) is 0 Å². The first-order valence-electron chi connectivity index (χ1n) is 20.8. The number of azo groups is 1. The summed E-state index contributed by atoms with van der Waals surface area (Å²) in [6, 6.07) is 76.2. The SMILES string of the molecule is O=[N+]([O-])c1ccc(N=Nc2ccc(N(CCO[Si](c3ccccc3)(c3ccccc3)c3ccccc3)CCO[Si](c3ccccc3)(c3ccccc3)c3ccccc3)cc2)c(Br)c1. The minimum Gasteiger partial charge on any atom is -0.402 e. The number of nitro groups is 1. The highest BCUT2D eigenvalue weighted by Gasteiger charge is 2.43. The van der Waals surface area contributed by atoms with Gasteiger partial charge >= 0.3 is 0 Å². The lowest BCUT2D eigenvalue weighted by atomic mass is 10.2. The van der Waals surface area contributed by atoms with E-state index < -0.39 is 21.6 Å². The van der Waals surface area contributed by atoms with E-state index in [1.807, 2.05) is 24.3 Å². The molecular weight excluding hydrogens is 881 g/mol. The van der Waals surface area contributed by atoms with Crippen molar-refractivity contribution < 1.29 is 13.8 Å². The fourth-order valence-corrected chi connectivity index (χ4v) is 16.3. The summed E-state index contributed by atoms with van der Waals surface area (Å²) in [6.45, 7) is 2.05. The zero-order valence-electron chi connectivity index (χ0n) is 34.5. The maximum atomic E-state index is 11.3. The Morgan fingerprint density at radius 1 is 0.476 bits per heavy atom. The van der Waals surface area contributed by atoms with E-state index in [0.717, 1.165) is 5.69 Å². The van der Waals surface area contributed by atoms with Crippen molar-refractivity contribution in [3.8, 4) is 0 Å². The van der Waals surface area contributed by atoms with Crippen molar-refractivity contribution in [2.45, 2.75) is 0 Å². The van der Waals surface area contributed by atoms with Gasteiger partial charge in [-0.05, 0) is 77.4 Å². The first-order chi connectivity index (χ1) is 31.0. The van der Waals surface area contributed by atoms with Crippen molar-refractivity contribution in [3.05, 3.63) is 239 Å². The van der Waals surface area contributed by atoms with E-state index in [-0.39, 0.29) is 5.69 Å². The predicted molar refractivity (Wildman–Crippen MR) is 263 cm³/mol. The minimum absolute atomic E-state index is 0.0225. The van der Waals surface area contributed by atoms with Gasteiger partial charge in [-0.3, -0.25) is 10.1 Å². The lowest BCUT2D eigenvalue weighted by molar-refractivity contribution is -0.384. The van der Waals surface area contributed by atoms with Gasteiger partial charge in [-0.25, -0.2) is 0 Å². The van der Waals surface area contributed by atoms with Gasteiger partial charge < -0.3 is 13.8 Å². The molecule has 0 amide bonds. The number of benzene rings is 8. The minimum atomic E-state index is -2.97. The molecule has 0 fully saturated rings. The maximum Gasteiger partial charge on any atom is 0.288 e. The van der Waals surface area contributed by atoms with E-state index >= 15 is 0 Å². The highest BCUT2D eigenvalue weighted by molar-refractivity contribution is 9.10. The molecule has 0 unspecified atom stereocenters. The topological polar surface area (TPSA) is 89.6 Å². The third-order valence-corrected chi connectivity index (χ3v) is 19.9. The monoisotopic (exact) mass is 924 g/mol. The molecule has 8 nitrogen and oxygen atoms in total. The van der Waals surface area contributed by atoms with Crippen molar-refractivity contribution >= 4 is 86.4 Å². The first kappa shape index (κ1) is 43.1. The molecule has 0 N–H and O–H groups in total. The van der Waals surface area contributed by atoms with Crippen LogP contribution in [0, 0.1) is 10.1 Å². The molecule has 63 heavy (non-hydrogen) atoms. The Morgan fingerprint density at radius 2 is 0.825 bits per heavy atom. The van der Waals surface area contributed by atoms with Crippen LogP contribution in [0.5, 0.6) is 0 Å². The molecule has 8 aromatic rings. The summed E-state index contributed by atoms with van der Waals surface area (Å²) in [5.74, 6) is 0. The second kappa shape index (κ2) is 20.5. The third kappa shape index (κ3) is 9.73. The molecule has 0 radical (unpaired) electrons. The molecule has 0 aliphatic rings.